The molecule has 0 aliphatic carbocycles. The van der Waals surface area contributed by atoms with Gasteiger partial charge in [0.15, 0.2) is 5.78 Å². The Morgan fingerprint density at radius 1 is 1.10 bits per heavy atom. The number of benzene rings is 2. The minimum absolute atomic E-state index is 0.0603. The van der Waals surface area contributed by atoms with Crippen molar-refractivity contribution in [1.82, 2.24) is 4.90 Å². The second kappa shape index (κ2) is 9.13. The molecule has 1 saturated heterocycles. The van der Waals surface area contributed by atoms with Crippen LogP contribution in [-0.2, 0) is 20.7 Å². The second-order valence-electron chi connectivity index (χ2n) is 6.93. The Bertz CT molecular complexity index is 926. The number of carbonyl (C=O) groups is 4. The zero-order valence-corrected chi connectivity index (χ0v) is 17.4. The van der Waals surface area contributed by atoms with Crippen molar-refractivity contribution >= 4 is 39.5 Å². The van der Waals surface area contributed by atoms with Crippen LogP contribution in [0.5, 0.6) is 0 Å². The topological polar surface area (TPSA) is 80.8 Å². The largest absolute Gasteiger partial charge is 0.447 e. The van der Waals surface area contributed by atoms with Crippen LogP contribution < -0.4 is 0 Å². The van der Waals surface area contributed by atoms with Gasteiger partial charge in [-0.3, -0.25) is 14.4 Å². The molecule has 0 unspecified atom stereocenters. The maximum atomic E-state index is 13.1. The van der Waals surface area contributed by atoms with Crippen LogP contribution in [0.2, 0.25) is 0 Å². The number of rotatable bonds is 7. The van der Waals surface area contributed by atoms with Crippen molar-refractivity contribution in [2.45, 2.75) is 25.8 Å². The molecule has 150 valence electrons. The molecule has 0 radical (unpaired) electrons. The van der Waals surface area contributed by atoms with Gasteiger partial charge in [0.05, 0.1) is 6.04 Å². The van der Waals surface area contributed by atoms with Gasteiger partial charge in [-0.2, -0.15) is 0 Å². The summed E-state index contributed by atoms with van der Waals surface area (Å²) in [4.78, 5) is 51.0. The van der Waals surface area contributed by atoms with Crippen molar-refractivity contribution in [2.75, 3.05) is 6.61 Å². The smallest absolute Gasteiger partial charge is 0.417 e. The highest BCUT2D eigenvalue weighted by Crippen LogP contribution is 2.23. The number of Topliss-reactive ketones (excluding diaryl/α,β-unsaturated/α-hetero) is 2. The zero-order valence-electron chi connectivity index (χ0n) is 15.8. The van der Waals surface area contributed by atoms with Gasteiger partial charge in [-0.25, -0.2) is 9.69 Å². The normalized spacial score (nSPS) is 17.0. The summed E-state index contributed by atoms with van der Waals surface area (Å²) in [5.41, 5.74) is 1.34. The van der Waals surface area contributed by atoms with Gasteiger partial charge >= 0.3 is 6.09 Å². The Hall–Kier alpha value is -2.80. The molecule has 1 fully saturated rings. The van der Waals surface area contributed by atoms with Crippen LogP contribution in [0, 0.1) is 5.92 Å². The highest BCUT2D eigenvalue weighted by atomic mass is 79.9. The Balaban J connectivity index is 1.77. The number of hydrogen-bond donors (Lipinski definition) is 0. The van der Waals surface area contributed by atoms with Crippen molar-refractivity contribution < 1.29 is 23.9 Å². The molecule has 1 aliphatic rings. The van der Waals surface area contributed by atoms with Gasteiger partial charge in [0.1, 0.15) is 18.3 Å². The molecule has 7 heteroatoms. The SMILES string of the molecule is CC(=O)[C@@H](CC(=O)c1ccc(Br)cc1)C(=O)N1C(=O)OC[C@@H]1Cc1ccccc1. The van der Waals surface area contributed by atoms with E-state index in [9.17, 15) is 19.2 Å². The molecule has 0 saturated carbocycles. The molecular weight excluding hydrogens is 438 g/mol. The average molecular weight is 458 g/mol. The van der Waals surface area contributed by atoms with E-state index in [1.165, 1.54) is 6.92 Å². The summed E-state index contributed by atoms with van der Waals surface area (Å²) in [5.74, 6) is -2.71. The molecule has 2 aromatic carbocycles. The van der Waals surface area contributed by atoms with E-state index in [1.807, 2.05) is 30.3 Å². The van der Waals surface area contributed by atoms with Crippen molar-refractivity contribution in [1.29, 1.82) is 0 Å². The fourth-order valence-electron chi connectivity index (χ4n) is 3.28. The highest BCUT2D eigenvalue weighted by molar-refractivity contribution is 9.10. The summed E-state index contributed by atoms with van der Waals surface area (Å²) >= 11 is 3.30. The number of carbonyl (C=O) groups excluding carboxylic acids is 4. The fraction of sp³-hybridized carbons (Fsp3) is 0.273. The van der Waals surface area contributed by atoms with E-state index in [0.717, 1.165) is 14.9 Å². The Morgan fingerprint density at radius 3 is 2.38 bits per heavy atom. The van der Waals surface area contributed by atoms with Gasteiger partial charge in [0, 0.05) is 16.5 Å². The molecule has 0 N–H and O–H groups in total. The zero-order chi connectivity index (χ0) is 21.0. The average Bonchev–Trinajstić information content (AvgIpc) is 3.06. The van der Waals surface area contributed by atoms with Crippen molar-refractivity contribution in [2.24, 2.45) is 5.92 Å². The Morgan fingerprint density at radius 2 is 1.76 bits per heavy atom. The summed E-state index contributed by atoms with van der Waals surface area (Å²) < 4.78 is 5.89. The van der Waals surface area contributed by atoms with E-state index in [1.54, 1.807) is 24.3 Å². The molecule has 0 spiro atoms. The standard InChI is InChI=1S/C22H20BrNO5/c1-14(25)19(12-20(26)16-7-9-17(23)10-8-16)21(27)24-18(13-29-22(24)28)11-15-5-3-2-4-6-15/h2-10,18-19H,11-13H2,1H3/t18-,19+/m0/s1. The van der Waals surface area contributed by atoms with Crippen molar-refractivity contribution in [3.05, 3.63) is 70.2 Å². The van der Waals surface area contributed by atoms with E-state index in [4.69, 9.17) is 4.74 Å². The lowest BCUT2D eigenvalue weighted by molar-refractivity contribution is -0.138. The van der Waals surface area contributed by atoms with Gasteiger partial charge in [-0.05, 0) is 31.0 Å². The molecule has 1 aliphatic heterocycles. The van der Waals surface area contributed by atoms with Crippen LogP contribution in [-0.4, -0.2) is 41.1 Å². The quantitative estimate of drug-likeness (QED) is 0.466. The van der Waals surface area contributed by atoms with Crippen LogP contribution in [0.4, 0.5) is 4.79 Å². The van der Waals surface area contributed by atoms with Gasteiger partial charge in [-0.15, -0.1) is 0 Å². The van der Waals surface area contributed by atoms with Crippen molar-refractivity contribution in [3.63, 3.8) is 0 Å². The van der Waals surface area contributed by atoms with E-state index in [-0.39, 0.29) is 18.8 Å². The van der Waals surface area contributed by atoms with E-state index in [2.05, 4.69) is 15.9 Å². The van der Waals surface area contributed by atoms with E-state index < -0.39 is 29.7 Å². The first-order valence-corrected chi connectivity index (χ1v) is 9.99. The number of ketones is 2. The first-order chi connectivity index (χ1) is 13.9. The maximum Gasteiger partial charge on any atom is 0.417 e. The molecule has 0 bridgehead atoms. The van der Waals surface area contributed by atoms with Crippen LogP contribution in [0.25, 0.3) is 0 Å². The van der Waals surface area contributed by atoms with Crippen LogP contribution in [0.15, 0.2) is 59.1 Å². The second-order valence-corrected chi connectivity index (χ2v) is 7.84. The predicted octanol–water partition coefficient (Wildman–Crippen LogP) is 3.82. The van der Waals surface area contributed by atoms with Crippen LogP contribution in [0.1, 0.15) is 29.3 Å². The summed E-state index contributed by atoms with van der Waals surface area (Å²) in [6.45, 7) is 1.32. The number of amides is 2. The molecule has 2 atom stereocenters. The number of hydrogen-bond acceptors (Lipinski definition) is 5. The number of ether oxygens (including phenoxy) is 1. The summed E-state index contributed by atoms with van der Waals surface area (Å²) in [7, 11) is 0. The number of cyclic esters (lactones) is 1. The lowest BCUT2D eigenvalue weighted by Gasteiger charge is -2.23. The van der Waals surface area contributed by atoms with Gasteiger partial charge < -0.3 is 4.74 Å². The van der Waals surface area contributed by atoms with E-state index in [0.29, 0.717) is 12.0 Å². The number of imide groups is 1. The van der Waals surface area contributed by atoms with Gasteiger partial charge in [0.2, 0.25) is 5.91 Å². The molecular formula is C22H20BrNO5. The summed E-state index contributed by atoms with van der Waals surface area (Å²) in [6, 6.07) is 15.6. The molecule has 29 heavy (non-hydrogen) atoms. The first kappa shape index (κ1) is 20.9. The van der Waals surface area contributed by atoms with Gasteiger partial charge in [0.25, 0.3) is 0 Å². The Kier molecular flexibility index (Phi) is 6.59. The number of halogens is 1. The van der Waals surface area contributed by atoms with E-state index >= 15 is 0 Å². The Labute approximate surface area is 177 Å². The highest BCUT2D eigenvalue weighted by Gasteiger charge is 2.42. The minimum atomic E-state index is -1.23. The summed E-state index contributed by atoms with van der Waals surface area (Å²) in [5, 5.41) is 0. The molecule has 2 aromatic rings. The number of nitrogens with zero attached hydrogens (tertiary/aromatic N) is 1. The molecule has 6 nitrogen and oxygen atoms in total. The predicted molar refractivity (Wildman–Crippen MR) is 109 cm³/mol. The third-order valence-electron chi connectivity index (χ3n) is 4.86. The third kappa shape index (κ3) is 4.98. The first-order valence-electron chi connectivity index (χ1n) is 9.19. The molecule has 1 heterocycles. The van der Waals surface area contributed by atoms with Crippen LogP contribution >= 0.6 is 15.9 Å². The lowest BCUT2D eigenvalue weighted by Crippen LogP contribution is -2.45. The monoisotopic (exact) mass is 457 g/mol. The molecule has 2 amide bonds. The summed E-state index contributed by atoms with van der Waals surface area (Å²) in [6.07, 6.45) is -0.653. The fourth-order valence-corrected chi connectivity index (χ4v) is 3.54. The lowest BCUT2D eigenvalue weighted by atomic mass is 9.93. The van der Waals surface area contributed by atoms with Crippen LogP contribution in [0.3, 0.4) is 0 Å². The molecule has 0 aromatic heterocycles. The third-order valence-corrected chi connectivity index (χ3v) is 5.39. The van der Waals surface area contributed by atoms with Gasteiger partial charge in [-0.1, -0.05) is 58.4 Å². The minimum Gasteiger partial charge on any atom is -0.447 e. The molecule has 3 rings (SSSR count). The maximum absolute atomic E-state index is 13.1. The van der Waals surface area contributed by atoms with Crippen molar-refractivity contribution in [3.8, 4) is 0 Å².